The lowest BCUT2D eigenvalue weighted by Crippen LogP contribution is -2.59. The molecule has 2 saturated heterocycles. The van der Waals surface area contributed by atoms with Crippen molar-refractivity contribution in [1.29, 1.82) is 0 Å². The molecule has 2 atom stereocenters. The van der Waals surface area contributed by atoms with E-state index >= 15 is 0 Å². The number of fused-ring (bicyclic) bond motifs is 6. The standard InChI is InChI=1S/C33H31NO3/c35-32(37-21-30-28-16-5-3-14-26(28)27-15-4-6-17-29(27)30)34-23-11-8-12-24(34)20-33(36,19-23)31-18-7-10-22-9-1-2-13-25(22)31/h1-7,9-10,13-18,23-24,30,36H,8,11-12,19-21H2. The molecule has 4 aromatic rings. The number of nitrogens with zero attached hydrogens (tertiary/aromatic N) is 1. The molecule has 0 saturated carbocycles. The molecule has 0 aromatic heterocycles. The summed E-state index contributed by atoms with van der Waals surface area (Å²) >= 11 is 0. The van der Waals surface area contributed by atoms with Gasteiger partial charge in [0.2, 0.25) is 0 Å². The number of carbonyl (C=O) groups excluding carboxylic acids is 1. The zero-order valence-corrected chi connectivity index (χ0v) is 20.8. The first-order valence-corrected chi connectivity index (χ1v) is 13.5. The second-order valence-electron chi connectivity index (χ2n) is 10.9. The van der Waals surface area contributed by atoms with Crippen molar-refractivity contribution >= 4 is 16.9 Å². The highest BCUT2D eigenvalue weighted by atomic mass is 16.6. The van der Waals surface area contributed by atoms with Crippen molar-refractivity contribution in [2.75, 3.05) is 6.61 Å². The van der Waals surface area contributed by atoms with Crippen LogP contribution in [0.1, 0.15) is 54.7 Å². The van der Waals surface area contributed by atoms with Crippen molar-refractivity contribution in [2.45, 2.75) is 55.7 Å². The van der Waals surface area contributed by atoms with Crippen LogP contribution in [0.3, 0.4) is 0 Å². The first-order valence-electron chi connectivity index (χ1n) is 13.5. The smallest absolute Gasteiger partial charge is 0.410 e. The Hall–Kier alpha value is -3.63. The first-order chi connectivity index (χ1) is 18.1. The number of benzene rings is 4. The molecular formula is C33H31NO3. The van der Waals surface area contributed by atoms with Gasteiger partial charge in [-0.15, -0.1) is 0 Å². The predicted molar refractivity (Wildman–Crippen MR) is 145 cm³/mol. The van der Waals surface area contributed by atoms with Gasteiger partial charge >= 0.3 is 6.09 Å². The van der Waals surface area contributed by atoms with Gasteiger partial charge in [-0.1, -0.05) is 91.0 Å². The maximum Gasteiger partial charge on any atom is 0.410 e. The maximum atomic E-state index is 13.6. The number of rotatable bonds is 3. The molecule has 7 rings (SSSR count). The van der Waals surface area contributed by atoms with Gasteiger partial charge in [-0.05, 0) is 57.9 Å². The van der Waals surface area contributed by atoms with Crippen LogP contribution in [0, 0.1) is 0 Å². The highest BCUT2D eigenvalue weighted by molar-refractivity contribution is 5.86. The molecule has 4 heteroatoms. The van der Waals surface area contributed by atoms with Gasteiger partial charge in [-0.2, -0.15) is 0 Å². The highest BCUT2D eigenvalue weighted by Crippen LogP contribution is 2.47. The van der Waals surface area contributed by atoms with E-state index in [4.69, 9.17) is 4.74 Å². The predicted octanol–water partition coefficient (Wildman–Crippen LogP) is 6.99. The fourth-order valence-electron chi connectivity index (χ4n) is 7.25. The third-order valence-electron chi connectivity index (χ3n) is 8.85. The summed E-state index contributed by atoms with van der Waals surface area (Å²) in [6.45, 7) is 0.330. The van der Waals surface area contributed by atoms with E-state index < -0.39 is 5.60 Å². The maximum absolute atomic E-state index is 13.6. The summed E-state index contributed by atoms with van der Waals surface area (Å²) in [4.78, 5) is 15.5. The monoisotopic (exact) mass is 489 g/mol. The Morgan fingerprint density at radius 1 is 0.811 bits per heavy atom. The van der Waals surface area contributed by atoms with Crippen molar-refractivity contribution in [2.24, 2.45) is 0 Å². The summed E-state index contributed by atoms with van der Waals surface area (Å²) in [6.07, 6.45) is 3.72. The molecule has 1 amide bonds. The molecule has 3 aliphatic rings. The van der Waals surface area contributed by atoms with Crippen LogP contribution in [0.4, 0.5) is 4.79 Å². The highest BCUT2D eigenvalue weighted by Gasteiger charge is 2.49. The molecule has 37 heavy (non-hydrogen) atoms. The second-order valence-corrected chi connectivity index (χ2v) is 10.9. The number of carbonyl (C=O) groups is 1. The van der Waals surface area contributed by atoms with E-state index in [1.165, 1.54) is 22.3 Å². The molecule has 1 aliphatic carbocycles. The largest absolute Gasteiger partial charge is 0.448 e. The Bertz CT molecular complexity index is 1430. The van der Waals surface area contributed by atoms with E-state index in [0.717, 1.165) is 35.6 Å². The Kier molecular flexibility index (Phi) is 5.33. The van der Waals surface area contributed by atoms with E-state index in [1.807, 2.05) is 23.1 Å². The van der Waals surface area contributed by atoms with Crippen molar-refractivity contribution in [1.82, 2.24) is 4.90 Å². The summed E-state index contributed by atoms with van der Waals surface area (Å²) in [5.74, 6) is 0.0496. The van der Waals surface area contributed by atoms with Crippen molar-refractivity contribution in [3.8, 4) is 11.1 Å². The minimum atomic E-state index is -0.948. The lowest BCUT2D eigenvalue weighted by molar-refractivity contribution is -0.0883. The van der Waals surface area contributed by atoms with Crippen LogP contribution in [0.5, 0.6) is 0 Å². The first kappa shape index (κ1) is 22.6. The minimum Gasteiger partial charge on any atom is -0.448 e. The molecule has 2 heterocycles. The number of amides is 1. The molecule has 1 N–H and O–H groups in total. The van der Waals surface area contributed by atoms with Crippen molar-refractivity contribution < 1.29 is 14.6 Å². The Labute approximate surface area is 217 Å². The molecular weight excluding hydrogens is 458 g/mol. The van der Waals surface area contributed by atoms with Crippen LogP contribution in [0.2, 0.25) is 0 Å². The van der Waals surface area contributed by atoms with Crippen LogP contribution >= 0.6 is 0 Å². The Balaban J connectivity index is 1.13. The number of ether oxygens (including phenoxy) is 1. The van der Waals surface area contributed by atoms with E-state index in [0.29, 0.717) is 19.4 Å². The third kappa shape index (κ3) is 3.66. The zero-order valence-electron chi connectivity index (χ0n) is 20.8. The van der Waals surface area contributed by atoms with Crippen LogP contribution in [-0.4, -0.2) is 34.8 Å². The van der Waals surface area contributed by atoms with Gasteiger partial charge in [0.15, 0.2) is 0 Å². The number of piperidine rings is 2. The molecule has 4 aromatic carbocycles. The molecule has 0 radical (unpaired) electrons. The van der Waals surface area contributed by atoms with Gasteiger partial charge in [0.05, 0.1) is 5.60 Å². The molecule has 0 spiro atoms. The van der Waals surface area contributed by atoms with Gasteiger partial charge in [-0.3, -0.25) is 0 Å². The average Bonchev–Trinajstić information content (AvgIpc) is 3.24. The summed E-state index contributed by atoms with van der Waals surface area (Å²) in [5, 5.41) is 14.2. The molecule has 186 valence electrons. The van der Waals surface area contributed by atoms with Crippen LogP contribution in [0.25, 0.3) is 21.9 Å². The fourth-order valence-corrected chi connectivity index (χ4v) is 7.25. The van der Waals surface area contributed by atoms with Gasteiger partial charge in [0.25, 0.3) is 0 Å². The topological polar surface area (TPSA) is 49.8 Å². The van der Waals surface area contributed by atoms with Crippen molar-refractivity contribution in [3.63, 3.8) is 0 Å². The van der Waals surface area contributed by atoms with Gasteiger partial charge < -0.3 is 14.7 Å². The summed E-state index contributed by atoms with van der Waals surface area (Å²) in [5.41, 5.74) is 4.94. The van der Waals surface area contributed by atoms with Gasteiger partial charge in [0.1, 0.15) is 6.61 Å². The number of hydrogen-bond donors (Lipinski definition) is 1. The summed E-state index contributed by atoms with van der Waals surface area (Å²) < 4.78 is 6.07. The SMILES string of the molecule is O=C(OCC1c2ccccc2-c2ccccc21)N1C2CCCC1CC(O)(c1cccc3ccccc13)C2. The molecule has 2 bridgehead atoms. The van der Waals surface area contributed by atoms with Crippen LogP contribution < -0.4 is 0 Å². The Morgan fingerprint density at radius 2 is 1.41 bits per heavy atom. The van der Waals surface area contributed by atoms with E-state index in [-0.39, 0.29) is 24.1 Å². The molecule has 2 fully saturated rings. The lowest BCUT2D eigenvalue weighted by Gasteiger charge is -2.51. The summed E-state index contributed by atoms with van der Waals surface area (Å²) in [7, 11) is 0. The van der Waals surface area contributed by atoms with Gasteiger partial charge in [-0.25, -0.2) is 4.79 Å². The fraction of sp³-hybridized carbons (Fsp3) is 0.303. The summed E-state index contributed by atoms with van der Waals surface area (Å²) in [6, 6.07) is 31.2. The number of aliphatic hydroxyl groups is 1. The molecule has 4 nitrogen and oxygen atoms in total. The lowest BCUT2D eigenvalue weighted by atomic mass is 9.72. The van der Waals surface area contributed by atoms with Gasteiger partial charge in [0, 0.05) is 30.8 Å². The quantitative estimate of drug-likeness (QED) is 0.337. The molecule has 2 aliphatic heterocycles. The number of hydrogen-bond acceptors (Lipinski definition) is 3. The zero-order chi connectivity index (χ0) is 25.0. The Morgan fingerprint density at radius 3 is 2.11 bits per heavy atom. The third-order valence-corrected chi connectivity index (χ3v) is 8.85. The second kappa shape index (κ2) is 8.74. The molecule has 2 unspecified atom stereocenters. The van der Waals surface area contributed by atoms with Crippen LogP contribution in [0.15, 0.2) is 91.0 Å². The van der Waals surface area contributed by atoms with Crippen molar-refractivity contribution in [3.05, 3.63) is 108 Å². The minimum absolute atomic E-state index is 0.0212. The average molecular weight is 490 g/mol. The van der Waals surface area contributed by atoms with E-state index in [2.05, 4.69) is 72.8 Å². The van der Waals surface area contributed by atoms with E-state index in [9.17, 15) is 9.90 Å². The van der Waals surface area contributed by atoms with E-state index in [1.54, 1.807) is 0 Å². The van der Waals surface area contributed by atoms with Crippen LogP contribution in [-0.2, 0) is 10.3 Å². The normalized spacial score (nSPS) is 24.5.